The van der Waals surface area contributed by atoms with Crippen LogP contribution >= 0.6 is 0 Å². The van der Waals surface area contributed by atoms with Crippen LogP contribution in [0.15, 0.2) is 60.7 Å². The Balaban J connectivity index is 1.47. The molecule has 176 valence electrons. The largest absolute Gasteiger partial charge is 0.483 e. The zero-order chi connectivity index (χ0) is 24.2. The number of unbranched alkanes of at least 4 members (excludes halogenated alkanes) is 2. The third-order valence-corrected chi connectivity index (χ3v) is 5.77. The van der Waals surface area contributed by atoms with Crippen LogP contribution in [0.2, 0.25) is 0 Å². The number of aryl methyl sites for hydroxylation is 1. The first-order valence-corrected chi connectivity index (χ1v) is 11.1. The fourth-order valence-corrected chi connectivity index (χ4v) is 3.91. The van der Waals surface area contributed by atoms with Crippen LogP contribution in [0.25, 0.3) is 21.9 Å². The van der Waals surface area contributed by atoms with Crippen LogP contribution in [-0.2, 0) is 13.0 Å². The number of fused-ring (bicyclic) bond motifs is 1. The van der Waals surface area contributed by atoms with E-state index < -0.39 is 34.8 Å². The molecule has 0 spiro atoms. The van der Waals surface area contributed by atoms with E-state index in [1.54, 1.807) is 36.4 Å². The highest BCUT2D eigenvalue weighted by molar-refractivity contribution is 5.88. The SMILES string of the molecule is CCCCCc1cc(F)c(OCc2ccc(-c3ccc4c(F)c(F)c(F)cc4c3)cc2)c(F)c1. The van der Waals surface area contributed by atoms with Gasteiger partial charge >= 0.3 is 0 Å². The van der Waals surface area contributed by atoms with Crippen molar-refractivity contribution in [2.45, 2.75) is 39.2 Å². The van der Waals surface area contributed by atoms with E-state index >= 15 is 0 Å². The monoisotopic (exact) mass is 470 g/mol. The van der Waals surface area contributed by atoms with Gasteiger partial charge in [0.1, 0.15) is 6.61 Å². The molecule has 0 aliphatic carbocycles. The Morgan fingerprint density at radius 3 is 2.00 bits per heavy atom. The van der Waals surface area contributed by atoms with Crippen LogP contribution < -0.4 is 4.74 Å². The molecular weight excluding hydrogens is 447 g/mol. The van der Waals surface area contributed by atoms with Gasteiger partial charge in [-0.2, -0.15) is 0 Å². The van der Waals surface area contributed by atoms with Crippen molar-refractivity contribution >= 4 is 10.8 Å². The summed E-state index contributed by atoms with van der Waals surface area (Å²) in [6.07, 6.45) is 3.53. The summed E-state index contributed by atoms with van der Waals surface area (Å²) in [5.41, 5.74) is 2.73. The summed E-state index contributed by atoms with van der Waals surface area (Å²) >= 11 is 0. The number of rotatable bonds is 8. The van der Waals surface area contributed by atoms with Gasteiger partial charge in [0.2, 0.25) is 0 Å². The third kappa shape index (κ3) is 5.06. The Morgan fingerprint density at radius 2 is 1.32 bits per heavy atom. The summed E-state index contributed by atoms with van der Waals surface area (Å²) in [5.74, 6) is -5.83. The number of hydrogen-bond acceptors (Lipinski definition) is 1. The van der Waals surface area contributed by atoms with Crippen molar-refractivity contribution < 1.29 is 26.7 Å². The molecule has 0 aliphatic heterocycles. The van der Waals surface area contributed by atoms with Crippen molar-refractivity contribution in [3.05, 3.63) is 101 Å². The van der Waals surface area contributed by atoms with E-state index in [1.807, 2.05) is 0 Å². The highest BCUT2D eigenvalue weighted by Crippen LogP contribution is 2.29. The average molecular weight is 470 g/mol. The van der Waals surface area contributed by atoms with E-state index in [0.29, 0.717) is 23.1 Å². The van der Waals surface area contributed by atoms with Gasteiger partial charge in [0.25, 0.3) is 0 Å². The molecule has 0 aliphatic rings. The Bertz CT molecular complexity index is 1290. The fourth-order valence-electron chi connectivity index (χ4n) is 3.91. The van der Waals surface area contributed by atoms with Gasteiger partial charge in [0.05, 0.1) is 0 Å². The van der Waals surface area contributed by atoms with Crippen LogP contribution in [0.4, 0.5) is 22.0 Å². The highest BCUT2D eigenvalue weighted by atomic mass is 19.2. The molecule has 6 heteroatoms. The van der Waals surface area contributed by atoms with E-state index in [2.05, 4.69) is 6.92 Å². The molecule has 0 amide bonds. The van der Waals surface area contributed by atoms with E-state index in [9.17, 15) is 22.0 Å². The smallest absolute Gasteiger partial charge is 0.195 e. The zero-order valence-electron chi connectivity index (χ0n) is 18.6. The van der Waals surface area contributed by atoms with Crippen molar-refractivity contribution in [2.75, 3.05) is 0 Å². The minimum Gasteiger partial charge on any atom is -0.483 e. The Hall–Kier alpha value is -3.41. The van der Waals surface area contributed by atoms with Crippen molar-refractivity contribution in [1.82, 2.24) is 0 Å². The molecule has 0 radical (unpaired) electrons. The zero-order valence-corrected chi connectivity index (χ0v) is 18.6. The predicted octanol–water partition coefficient (Wildman–Crippen LogP) is 8.51. The molecule has 0 aromatic heterocycles. The lowest BCUT2D eigenvalue weighted by Crippen LogP contribution is -2.01. The fraction of sp³-hybridized carbons (Fsp3) is 0.214. The van der Waals surface area contributed by atoms with Gasteiger partial charge in [-0.25, -0.2) is 22.0 Å². The normalized spacial score (nSPS) is 11.2. The second kappa shape index (κ2) is 10.2. The number of ether oxygens (including phenoxy) is 1. The van der Waals surface area contributed by atoms with Gasteiger partial charge in [-0.05, 0) is 64.7 Å². The Morgan fingerprint density at radius 1 is 0.647 bits per heavy atom. The van der Waals surface area contributed by atoms with Crippen molar-refractivity contribution in [3.63, 3.8) is 0 Å². The van der Waals surface area contributed by atoms with Crippen molar-refractivity contribution in [1.29, 1.82) is 0 Å². The van der Waals surface area contributed by atoms with Crippen LogP contribution in [-0.4, -0.2) is 0 Å². The van der Waals surface area contributed by atoms with Crippen LogP contribution in [0.1, 0.15) is 37.3 Å². The molecule has 0 atom stereocenters. The van der Waals surface area contributed by atoms with Gasteiger partial charge < -0.3 is 4.74 Å². The molecule has 1 nitrogen and oxygen atoms in total. The summed E-state index contributed by atoms with van der Waals surface area (Å²) in [5, 5.41) is 0.235. The van der Waals surface area contributed by atoms with E-state index in [0.717, 1.165) is 30.9 Å². The lowest BCUT2D eigenvalue weighted by Gasteiger charge is -2.11. The quantitative estimate of drug-likeness (QED) is 0.142. The molecular formula is C28H23F5O. The van der Waals surface area contributed by atoms with Crippen LogP contribution in [0.5, 0.6) is 5.75 Å². The number of benzene rings is 4. The van der Waals surface area contributed by atoms with Crippen molar-refractivity contribution in [3.8, 4) is 16.9 Å². The summed E-state index contributed by atoms with van der Waals surface area (Å²) < 4.78 is 75.1. The number of hydrogen-bond donors (Lipinski definition) is 0. The molecule has 0 N–H and O–H groups in total. The van der Waals surface area contributed by atoms with Crippen LogP contribution in [0, 0.1) is 29.1 Å². The molecule has 0 saturated carbocycles. The van der Waals surface area contributed by atoms with E-state index in [1.165, 1.54) is 18.2 Å². The second-order valence-electron chi connectivity index (χ2n) is 8.25. The first-order valence-electron chi connectivity index (χ1n) is 11.1. The summed E-state index contributed by atoms with van der Waals surface area (Å²) in [7, 11) is 0. The highest BCUT2D eigenvalue weighted by Gasteiger charge is 2.15. The lowest BCUT2D eigenvalue weighted by molar-refractivity contribution is 0.274. The molecule has 4 aromatic carbocycles. The van der Waals surface area contributed by atoms with Crippen molar-refractivity contribution in [2.24, 2.45) is 0 Å². The molecule has 34 heavy (non-hydrogen) atoms. The minimum atomic E-state index is -1.50. The maximum absolute atomic E-state index is 14.4. The maximum Gasteiger partial charge on any atom is 0.195 e. The molecule has 0 bridgehead atoms. The van der Waals surface area contributed by atoms with Gasteiger partial charge in [0.15, 0.2) is 34.8 Å². The van der Waals surface area contributed by atoms with Gasteiger partial charge in [0, 0.05) is 5.39 Å². The topological polar surface area (TPSA) is 9.23 Å². The molecule has 0 heterocycles. The summed E-state index contributed by atoms with van der Waals surface area (Å²) in [4.78, 5) is 0. The molecule has 0 fully saturated rings. The lowest BCUT2D eigenvalue weighted by atomic mass is 10.00. The third-order valence-electron chi connectivity index (χ3n) is 5.77. The molecule has 0 saturated heterocycles. The van der Waals surface area contributed by atoms with Gasteiger partial charge in [-0.1, -0.05) is 56.2 Å². The molecule has 4 rings (SSSR count). The Labute approximate surface area is 194 Å². The number of halogens is 5. The molecule has 0 unspecified atom stereocenters. The standard InChI is InChI=1S/C28H23F5O/c1-2-3-4-5-18-12-24(30)28(25(31)13-18)34-16-17-6-8-19(9-7-17)20-10-11-22-21(14-20)15-23(29)27(33)26(22)32/h6-15H,2-5,16H2,1H3. The van der Waals surface area contributed by atoms with E-state index in [4.69, 9.17) is 4.74 Å². The maximum atomic E-state index is 14.4. The predicted molar refractivity (Wildman–Crippen MR) is 123 cm³/mol. The van der Waals surface area contributed by atoms with Crippen LogP contribution in [0.3, 0.4) is 0 Å². The second-order valence-corrected chi connectivity index (χ2v) is 8.25. The van der Waals surface area contributed by atoms with Gasteiger partial charge in [-0.3, -0.25) is 0 Å². The average Bonchev–Trinajstić information content (AvgIpc) is 2.82. The first kappa shape index (κ1) is 23.7. The minimum absolute atomic E-state index is 0.00638. The van der Waals surface area contributed by atoms with Gasteiger partial charge in [-0.15, -0.1) is 0 Å². The summed E-state index contributed by atoms with van der Waals surface area (Å²) in [6, 6.07) is 15.2. The Kier molecular flexibility index (Phi) is 7.15. The summed E-state index contributed by atoms with van der Waals surface area (Å²) in [6.45, 7) is 2.04. The first-order chi connectivity index (χ1) is 16.4. The molecule has 4 aromatic rings. The van der Waals surface area contributed by atoms with E-state index in [-0.39, 0.29) is 17.4 Å².